The Kier molecular flexibility index (Phi) is 5.64. The molecule has 0 amide bonds. The molecule has 0 spiro atoms. The molecule has 0 unspecified atom stereocenters. The van der Waals surface area contributed by atoms with E-state index in [1.807, 2.05) is 12.1 Å². The standard InChI is InChI=1S/C15H25ClN4/c1-12(2)17-11-14-13(16)5-6-15(18-14)20-8-4-7-19(3)9-10-20/h5-6,12,17H,4,7-11H2,1-3H3. The normalized spacial score (nSPS) is 17.6. The van der Waals surface area contributed by atoms with Crippen LogP contribution >= 0.6 is 11.6 Å². The largest absolute Gasteiger partial charge is 0.355 e. The second-order valence-electron chi connectivity index (χ2n) is 5.78. The van der Waals surface area contributed by atoms with Gasteiger partial charge in [0.05, 0.1) is 10.7 Å². The smallest absolute Gasteiger partial charge is 0.129 e. The summed E-state index contributed by atoms with van der Waals surface area (Å²) in [6.45, 7) is 9.32. The summed E-state index contributed by atoms with van der Waals surface area (Å²) < 4.78 is 0. The maximum absolute atomic E-state index is 6.24. The lowest BCUT2D eigenvalue weighted by Crippen LogP contribution is -2.30. The third kappa shape index (κ3) is 4.33. The maximum Gasteiger partial charge on any atom is 0.129 e. The molecule has 1 N–H and O–H groups in total. The van der Waals surface area contributed by atoms with Gasteiger partial charge in [-0.15, -0.1) is 0 Å². The van der Waals surface area contributed by atoms with E-state index in [0.717, 1.165) is 49.3 Å². The monoisotopic (exact) mass is 296 g/mol. The van der Waals surface area contributed by atoms with E-state index in [0.29, 0.717) is 6.04 Å². The third-order valence-corrected chi connectivity index (χ3v) is 3.97. The second-order valence-corrected chi connectivity index (χ2v) is 6.18. The van der Waals surface area contributed by atoms with Gasteiger partial charge in [-0.3, -0.25) is 0 Å². The Hall–Kier alpha value is -0.840. The lowest BCUT2D eigenvalue weighted by Gasteiger charge is -2.22. The highest BCUT2D eigenvalue weighted by Crippen LogP contribution is 2.20. The first-order chi connectivity index (χ1) is 9.56. The number of aromatic nitrogens is 1. The highest BCUT2D eigenvalue weighted by Gasteiger charge is 2.15. The van der Waals surface area contributed by atoms with Crippen LogP contribution in [0, 0.1) is 0 Å². The number of halogens is 1. The molecule has 112 valence electrons. The van der Waals surface area contributed by atoms with E-state index in [-0.39, 0.29) is 0 Å². The molecule has 0 aliphatic carbocycles. The van der Waals surface area contributed by atoms with Gasteiger partial charge in [0, 0.05) is 32.2 Å². The maximum atomic E-state index is 6.24. The van der Waals surface area contributed by atoms with Crippen molar-refractivity contribution >= 4 is 17.4 Å². The van der Waals surface area contributed by atoms with Gasteiger partial charge < -0.3 is 15.1 Å². The molecule has 0 saturated carbocycles. The zero-order valence-corrected chi connectivity index (χ0v) is 13.5. The first-order valence-electron chi connectivity index (χ1n) is 7.38. The van der Waals surface area contributed by atoms with Crippen molar-refractivity contribution < 1.29 is 0 Å². The van der Waals surface area contributed by atoms with E-state index < -0.39 is 0 Å². The van der Waals surface area contributed by atoms with Crippen molar-refractivity contribution in [2.75, 3.05) is 38.1 Å². The molecule has 1 fully saturated rings. The predicted octanol–water partition coefficient (Wildman–Crippen LogP) is 2.37. The van der Waals surface area contributed by atoms with Crippen LogP contribution in [0.3, 0.4) is 0 Å². The topological polar surface area (TPSA) is 31.4 Å². The number of hydrogen-bond donors (Lipinski definition) is 1. The molecular formula is C15H25ClN4. The summed E-state index contributed by atoms with van der Waals surface area (Å²) in [6.07, 6.45) is 1.18. The molecular weight excluding hydrogens is 272 g/mol. The summed E-state index contributed by atoms with van der Waals surface area (Å²) in [5.41, 5.74) is 0.940. The number of anilines is 1. The average molecular weight is 297 g/mol. The van der Waals surface area contributed by atoms with E-state index in [2.05, 4.69) is 36.0 Å². The van der Waals surface area contributed by atoms with Gasteiger partial charge in [-0.05, 0) is 32.1 Å². The molecule has 1 aromatic rings. The first kappa shape index (κ1) is 15.5. The molecule has 2 heterocycles. The summed E-state index contributed by atoms with van der Waals surface area (Å²) >= 11 is 6.24. The van der Waals surface area contributed by atoms with Crippen LogP contribution in [-0.2, 0) is 6.54 Å². The first-order valence-corrected chi connectivity index (χ1v) is 7.76. The van der Waals surface area contributed by atoms with Crippen molar-refractivity contribution in [1.82, 2.24) is 15.2 Å². The van der Waals surface area contributed by atoms with E-state index in [4.69, 9.17) is 16.6 Å². The van der Waals surface area contributed by atoms with E-state index in [9.17, 15) is 0 Å². The predicted molar refractivity (Wildman–Crippen MR) is 85.5 cm³/mol. The SMILES string of the molecule is CC(C)NCc1nc(N2CCCN(C)CC2)ccc1Cl. The summed E-state index contributed by atoms with van der Waals surface area (Å²) in [7, 11) is 2.18. The van der Waals surface area contributed by atoms with Crippen molar-refractivity contribution in [2.24, 2.45) is 0 Å². The average Bonchev–Trinajstić information content (AvgIpc) is 2.62. The van der Waals surface area contributed by atoms with Gasteiger partial charge in [-0.1, -0.05) is 25.4 Å². The lowest BCUT2D eigenvalue weighted by atomic mass is 10.3. The fraction of sp³-hybridized carbons (Fsp3) is 0.667. The molecule has 2 rings (SSSR count). The molecule has 1 aromatic heterocycles. The van der Waals surface area contributed by atoms with E-state index in [1.165, 1.54) is 6.42 Å². The van der Waals surface area contributed by atoms with Crippen LogP contribution in [-0.4, -0.2) is 49.2 Å². The molecule has 20 heavy (non-hydrogen) atoms. The van der Waals surface area contributed by atoms with Crippen molar-refractivity contribution in [3.63, 3.8) is 0 Å². The van der Waals surface area contributed by atoms with Gasteiger partial charge in [0.1, 0.15) is 5.82 Å². The van der Waals surface area contributed by atoms with E-state index >= 15 is 0 Å². The quantitative estimate of drug-likeness (QED) is 0.924. The van der Waals surface area contributed by atoms with Gasteiger partial charge in [0.25, 0.3) is 0 Å². The summed E-state index contributed by atoms with van der Waals surface area (Å²) in [4.78, 5) is 9.48. The Labute approximate surface area is 127 Å². The summed E-state index contributed by atoms with van der Waals surface area (Å²) in [5.74, 6) is 1.05. The number of pyridine rings is 1. The molecule has 0 radical (unpaired) electrons. The molecule has 1 saturated heterocycles. The Bertz CT molecular complexity index is 436. The minimum Gasteiger partial charge on any atom is -0.355 e. The highest BCUT2D eigenvalue weighted by molar-refractivity contribution is 6.31. The number of nitrogens with zero attached hydrogens (tertiary/aromatic N) is 3. The molecule has 5 heteroatoms. The molecule has 1 aliphatic heterocycles. The molecule has 4 nitrogen and oxygen atoms in total. The minimum absolute atomic E-state index is 0.434. The van der Waals surface area contributed by atoms with Gasteiger partial charge in [-0.25, -0.2) is 4.98 Å². The van der Waals surface area contributed by atoms with Crippen LogP contribution in [0.25, 0.3) is 0 Å². The van der Waals surface area contributed by atoms with Crippen LogP contribution in [0.5, 0.6) is 0 Å². The highest BCUT2D eigenvalue weighted by atomic mass is 35.5. The summed E-state index contributed by atoms with van der Waals surface area (Å²) in [6, 6.07) is 4.44. The van der Waals surface area contributed by atoms with Gasteiger partial charge in [0.15, 0.2) is 0 Å². The van der Waals surface area contributed by atoms with Crippen molar-refractivity contribution in [2.45, 2.75) is 32.9 Å². The zero-order chi connectivity index (χ0) is 14.5. The minimum atomic E-state index is 0.434. The fourth-order valence-corrected chi connectivity index (χ4v) is 2.52. The molecule has 0 atom stereocenters. The van der Waals surface area contributed by atoms with Gasteiger partial charge >= 0.3 is 0 Å². The van der Waals surface area contributed by atoms with Crippen LogP contribution < -0.4 is 10.2 Å². The fourth-order valence-electron chi connectivity index (χ4n) is 2.35. The molecule has 0 bridgehead atoms. The van der Waals surface area contributed by atoms with Crippen LogP contribution in [0.4, 0.5) is 5.82 Å². The number of likely N-dealkylation sites (N-methyl/N-ethyl adjacent to an activating group) is 1. The third-order valence-electron chi connectivity index (χ3n) is 3.63. The molecule has 0 aromatic carbocycles. The van der Waals surface area contributed by atoms with Crippen LogP contribution in [0.1, 0.15) is 26.0 Å². The van der Waals surface area contributed by atoms with Crippen molar-refractivity contribution in [3.8, 4) is 0 Å². The number of hydrogen-bond acceptors (Lipinski definition) is 4. The van der Waals surface area contributed by atoms with Crippen molar-refractivity contribution in [3.05, 3.63) is 22.8 Å². The Morgan fingerprint density at radius 3 is 2.80 bits per heavy atom. The Morgan fingerprint density at radius 1 is 1.25 bits per heavy atom. The lowest BCUT2D eigenvalue weighted by molar-refractivity contribution is 0.360. The Balaban J connectivity index is 2.09. The number of nitrogens with one attached hydrogen (secondary N) is 1. The zero-order valence-electron chi connectivity index (χ0n) is 12.7. The van der Waals surface area contributed by atoms with Gasteiger partial charge in [-0.2, -0.15) is 0 Å². The van der Waals surface area contributed by atoms with Gasteiger partial charge in [0.2, 0.25) is 0 Å². The second kappa shape index (κ2) is 7.25. The van der Waals surface area contributed by atoms with Crippen molar-refractivity contribution in [1.29, 1.82) is 0 Å². The van der Waals surface area contributed by atoms with E-state index in [1.54, 1.807) is 0 Å². The van der Waals surface area contributed by atoms with Crippen LogP contribution in [0.15, 0.2) is 12.1 Å². The van der Waals surface area contributed by atoms with Crippen LogP contribution in [0.2, 0.25) is 5.02 Å². The summed E-state index contributed by atoms with van der Waals surface area (Å²) in [5, 5.41) is 4.12. The molecule has 1 aliphatic rings. The Morgan fingerprint density at radius 2 is 2.05 bits per heavy atom. The number of rotatable bonds is 4.